The van der Waals surface area contributed by atoms with Crippen molar-refractivity contribution in [2.45, 2.75) is 12.0 Å². The monoisotopic (exact) mass is 431 g/mol. The summed E-state index contributed by atoms with van der Waals surface area (Å²) in [5, 5.41) is 4.81. The van der Waals surface area contributed by atoms with Crippen LogP contribution in [0.1, 0.15) is 5.56 Å². The number of alkyl halides is 1. The van der Waals surface area contributed by atoms with Gasteiger partial charge in [-0.1, -0.05) is 45.2 Å². The third-order valence-corrected chi connectivity index (χ3v) is 5.02. The van der Waals surface area contributed by atoms with Gasteiger partial charge in [0, 0.05) is 16.3 Å². The van der Waals surface area contributed by atoms with Gasteiger partial charge in [0.15, 0.2) is 6.23 Å². The highest BCUT2D eigenvalue weighted by Crippen LogP contribution is 2.40. The Morgan fingerprint density at radius 1 is 1.25 bits per heavy atom. The maximum atomic E-state index is 6.32. The summed E-state index contributed by atoms with van der Waals surface area (Å²) >= 11 is 15.8. The van der Waals surface area contributed by atoms with Crippen molar-refractivity contribution in [2.75, 3.05) is 24.4 Å². The van der Waals surface area contributed by atoms with Crippen molar-refractivity contribution < 1.29 is 14.2 Å². The second-order valence-electron chi connectivity index (χ2n) is 5.30. The van der Waals surface area contributed by atoms with E-state index in [0.29, 0.717) is 22.0 Å². The van der Waals surface area contributed by atoms with Crippen LogP contribution in [-0.2, 0) is 15.3 Å². The molecule has 0 aromatic heterocycles. The molecule has 2 aromatic rings. The normalized spacial score (nSPS) is 23.2. The molecule has 1 saturated heterocycles. The van der Waals surface area contributed by atoms with Crippen molar-refractivity contribution in [2.24, 2.45) is 0 Å². The van der Waals surface area contributed by atoms with E-state index in [1.165, 1.54) is 0 Å². The third-order valence-electron chi connectivity index (χ3n) is 3.74. The van der Waals surface area contributed by atoms with Crippen molar-refractivity contribution in [1.82, 2.24) is 0 Å². The lowest BCUT2D eigenvalue weighted by atomic mass is 10.1. The molecule has 2 atom stereocenters. The second-order valence-corrected chi connectivity index (χ2v) is 6.71. The van der Waals surface area contributed by atoms with Crippen LogP contribution in [-0.4, -0.2) is 25.3 Å². The van der Waals surface area contributed by atoms with E-state index >= 15 is 0 Å². The predicted molar refractivity (Wildman–Crippen MR) is 99.4 cm³/mol. The van der Waals surface area contributed by atoms with Gasteiger partial charge in [-0.25, -0.2) is 0 Å². The van der Waals surface area contributed by atoms with Crippen LogP contribution in [0.25, 0.3) is 0 Å². The SMILES string of the molecule is COc1ccc(N[C@@H]2CO[C@](CBr)(c3ccc(Cl)cc3Cl)O2)cc1. The first-order valence-electron chi connectivity index (χ1n) is 7.30. The van der Waals surface area contributed by atoms with Gasteiger partial charge in [-0.2, -0.15) is 0 Å². The number of benzene rings is 2. The Balaban J connectivity index is 1.76. The fourth-order valence-corrected chi connectivity index (χ4v) is 3.68. The van der Waals surface area contributed by atoms with Gasteiger partial charge in [0.25, 0.3) is 0 Å². The maximum absolute atomic E-state index is 6.32. The fourth-order valence-electron chi connectivity index (χ4n) is 2.53. The molecule has 128 valence electrons. The summed E-state index contributed by atoms with van der Waals surface area (Å²) in [5.74, 6) is -0.155. The van der Waals surface area contributed by atoms with Gasteiger partial charge in [-0.05, 0) is 36.4 Å². The number of methoxy groups -OCH3 is 1. The summed E-state index contributed by atoms with van der Waals surface area (Å²) in [7, 11) is 1.64. The zero-order chi connectivity index (χ0) is 17.2. The molecule has 0 spiro atoms. The lowest BCUT2D eigenvalue weighted by Crippen LogP contribution is -2.32. The summed E-state index contributed by atoms with van der Waals surface area (Å²) in [6, 6.07) is 12.9. The molecule has 0 bridgehead atoms. The zero-order valence-electron chi connectivity index (χ0n) is 12.9. The van der Waals surface area contributed by atoms with Crippen LogP contribution >= 0.6 is 39.1 Å². The van der Waals surface area contributed by atoms with Crippen LogP contribution in [0.3, 0.4) is 0 Å². The molecular weight excluding hydrogens is 417 g/mol. The first-order valence-corrected chi connectivity index (χ1v) is 9.18. The van der Waals surface area contributed by atoms with E-state index in [-0.39, 0.29) is 6.23 Å². The highest BCUT2D eigenvalue weighted by molar-refractivity contribution is 9.09. The van der Waals surface area contributed by atoms with Crippen molar-refractivity contribution in [3.63, 3.8) is 0 Å². The summed E-state index contributed by atoms with van der Waals surface area (Å²) in [6.45, 7) is 0.386. The molecular formula is C17H16BrCl2NO3. The highest BCUT2D eigenvalue weighted by Gasteiger charge is 2.44. The summed E-state index contributed by atoms with van der Waals surface area (Å²) in [4.78, 5) is 0. The zero-order valence-corrected chi connectivity index (χ0v) is 16.0. The smallest absolute Gasteiger partial charge is 0.208 e. The molecule has 7 heteroatoms. The molecule has 3 rings (SSSR count). The molecule has 0 amide bonds. The van der Waals surface area contributed by atoms with Gasteiger partial charge in [0.2, 0.25) is 5.79 Å². The largest absolute Gasteiger partial charge is 0.497 e. The Morgan fingerprint density at radius 3 is 2.62 bits per heavy atom. The first-order chi connectivity index (χ1) is 11.6. The van der Waals surface area contributed by atoms with Gasteiger partial charge < -0.3 is 19.5 Å². The van der Waals surface area contributed by atoms with Gasteiger partial charge >= 0.3 is 0 Å². The standard InChI is InChI=1S/C17H16BrCl2NO3/c1-22-13-5-3-12(4-6-13)21-16-9-23-17(10-18,24-16)14-7-2-11(19)8-15(14)20/h2-8,16,21H,9-10H2,1H3/t16-,17-/m0/s1. The Morgan fingerprint density at radius 2 is 2.00 bits per heavy atom. The van der Waals surface area contributed by atoms with Crippen LogP contribution in [0.15, 0.2) is 42.5 Å². The first kappa shape index (κ1) is 17.8. The van der Waals surface area contributed by atoms with Gasteiger partial charge in [-0.15, -0.1) is 0 Å². The van der Waals surface area contributed by atoms with Crippen LogP contribution in [0.5, 0.6) is 5.75 Å². The van der Waals surface area contributed by atoms with E-state index in [0.717, 1.165) is 17.0 Å². The minimum atomic E-state index is -0.953. The van der Waals surface area contributed by atoms with E-state index in [1.807, 2.05) is 30.3 Å². The van der Waals surface area contributed by atoms with Gasteiger partial charge in [-0.3, -0.25) is 0 Å². The fraction of sp³-hybridized carbons (Fsp3) is 0.294. The van der Waals surface area contributed by atoms with E-state index in [4.69, 9.17) is 37.4 Å². The minimum Gasteiger partial charge on any atom is -0.497 e. The highest BCUT2D eigenvalue weighted by atomic mass is 79.9. The number of hydrogen-bond acceptors (Lipinski definition) is 4. The van der Waals surface area contributed by atoms with E-state index in [9.17, 15) is 0 Å². The number of anilines is 1. The van der Waals surface area contributed by atoms with E-state index in [1.54, 1.807) is 19.2 Å². The Bertz CT molecular complexity index is 713. The minimum absolute atomic E-state index is 0.303. The lowest BCUT2D eigenvalue weighted by molar-refractivity contribution is -0.153. The number of halogens is 3. The van der Waals surface area contributed by atoms with E-state index in [2.05, 4.69) is 21.2 Å². The van der Waals surface area contributed by atoms with Crippen molar-refractivity contribution in [3.05, 3.63) is 58.1 Å². The molecule has 1 fully saturated rings. The Hall–Kier alpha value is -0.980. The molecule has 4 nitrogen and oxygen atoms in total. The molecule has 24 heavy (non-hydrogen) atoms. The van der Waals surface area contributed by atoms with Crippen LogP contribution in [0, 0.1) is 0 Å². The predicted octanol–water partition coefficient (Wildman–Crippen LogP) is 5.03. The van der Waals surface area contributed by atoms with Gasteiger partial charge in [0.1, 0.15) is 5.75 Å². The Labute approximate surface area is 159 Å². The van der Waals surface area contributed by atoms with Crippen LogP contribution in [0.2, 0.25) is 10.0 Å². The topological polar surface area (TPSA) is 39.7 Å². The number of ether oxygens (including phenoxy) is 3. The Kier molecular flexibility index (Phi) is 5.57. The van der Waals surface area contributed by atoms with Crippen molar-refractivity contribution in [1.29, 1.82) is 0 Å². The number of rotatable bonds is 5. The quantitative estimate of drug-likeness (QED) is 0.672. The molecule has 0 saturated carbocycles. The molecule has 0 radical (unpaired) electrons. The summed E-state index contributed by atoms with van der Waals surface area (Å²) in [5.41, 5.74) is 1.65. The molecule has 1 aliphatic rings. The maximum Gasteiger partial charge on any atom is 0.208 e. The molecule has 1 aliphatic heterocycles. The summed E-state index contributed by atoms with van der Waals surface area (Å²) < 4.78 is 17.2. The average molecular weight is 433 g/mol. The number of hydrogen-bond donors (Lipinski definition) is 1. The van der Waals surface area contributed by atoms with Crippen molar-refractivity contribution in [3.8, 4) is 5.75 Å². The van der Waals surface area contributed by atoms with Crippen LogP contribution < -0.4 is 10.1 Å². The third kappa shape index (κ3) is 3.65. The van der Waals surface area contributed by atoms with E-state index < -0.39 is 5.79 Å². The molecule has 0 aliphatic carbocycles. The summed E-state index contributed by atoms with van der Waals surface area (Å²) in [6.07, 6.45) is -0.303. The van der Waals surface area contributed by atoms with Crippen LogP contribution in [0.4, 0.5) is 5.69 Å². The average Bonchev–Trinajstić information content (AvgIpc) is 2.99. The lowest BCUT2D eigenvalue weighted by Gasteiger charge is -2.27. The molecule has 1 N–H and O–H groups in total. The van der Waals surface area contributed by atoms with Gasteiger partial charge in [0.05, 0.1) is 24.1 Å². The molecule has 0 unspecified atom stereocenters. The van der Waals surface area contributed by atoms with Crippen molar-refractivity contribution >= 4 is 44.8 Å². The number of nitrogens with one attached hydrogen (secondary N) is 1. The molecule has 1 heterocycles. The second kappa shape index (κ2) is 7.50. The molecule has 2 aromatic carbocycles.